The lowest BCUT2D eigenvalue weighted by molar-refractivity contribution is -0.122. The van der Waals surface area contributed by atoms with Crippen molar-refractivity contribution in [2.45, 2.75) is 44.7 Å². The van der Waals surface area contributed by atoms with E-state index in [0.29, 0.717) is 6.42 Å². The average Bonchev–Trinajstić information content (AvgIpc) is 3.29. The van der Waals surface area contributed by atoms with Crippen LogP contribution in [0, 0.1) is 0 Å². The first kappa shape index (κ1) is 16.8. The SMILES string of the molecule is COc1ccc2[nH]c3c(c2c1)CCCC3NC(=O)CCCn1cccc1. The van der Waals surface area contributed by atoms with Crippen molar-refractivity contribution in [3.63, 3.8) is 0 Å². The number of nitrogens with one attached hydrogen (secondary N) is 2. The van der Waals surface area contributed by atoms with Crippen LogP contribution in [0.2, 0.25) is 0 Å². The van der Waals surface area contributed by atoms with Gasteiger partial charge < -0.3 is 19.6 Å². The number of fused-ring (bicyclic) bond motifs is 3. The zero-order valence-electron chi connectivity index (χ0n) is 15.1. The first-order valence-electron chi connectivity index (χ1n) is 9.33. The van der Waals surface area contributed by atoms with Crippen LogP contribution in [0.3, 0.4) is 0 Å². The van der Waals surface area contributed by atoms with Crippen molar-refractivity contribution in [1.82, 2.24) is 14.9 Å². The summed E-state index contributed by atoms with van der Waals surface area (Å²) in [4.78, 5) is 15.9. The number of benzene rings is 1. The Balaban J connectivity index is 1.44. The van der Waals surface area contributed by atoms with Crippen LogP contribution in [0.25, 0.3) is 10.9 Å². The van der Waals surface area contributed by atoms with E-state index in [1.807, 2.05) is 30.6 Å². The number of methoxy groups -OCH3 is 1. The molecule has 2 aromatic heterocycles. The second kappa shape index (κ2) is 7.28. The molecule has 1 atom stereocenters. The van der Waals surface area contributed by atoms with E-state index in [1.165, 1.54) is 16.6 Å². The summed E-state index contributed by atoms with van der Waals surface area (Å²) in [5.41, 5.74) is 3.60. The third kappa shape index (κ3) is 3.34. The smallest absolute Gasteiger partial charge is 0.220 e. The van der Waals surface area contributed by atoms with Crippen molar-refractivity contribution in [3.8, 4) is 5.75 Å². The molecule has 0 saturated carbocycles. The quantitative estimate of drug-likeness (QED) is 0.706. The second-order valence-corrected chi connectivity index (χ2v) is 6.97. The van der Waals surface area contributed by atoms with Crippen LogP contribution < -0.4 is 10.1 Å². The molecule has 136 valence electrons. The highest BCUT2D eigenvalue weighted by Crippen LogP contribution is 2.36. The summed E-state index contributed by atoms with van der Waals surface area (Å²) in [7, 11) is 1.69. The maximum absolute atomic E-state index is 12.4. The van der Waals surface area contributed by atoms with E-state index in [4.69, 9.17) is 4.74 Å². The van der Waals surface area contributed by atoms with Gasteiger partial charge in [-0.05, 0) is 61.6 Å². The third-order valence-electron chi connectivity index (χ3n) is 5.24. The van der Waals surface area contributed by atoms with Crippen LogP contribution in [0.15, 0.2) is 42.7 Å². The van der Waals surface area contributed by atoms with Crippen molar-refractivity contribution >= 4 is 16.8 Å². The zero-order valence-corrected chi connectivity index (χ0v) is 15.1. The molecule has 2 N–H and O–H groups in total. The number of amides is 1. The summed E-state index contributed by atoms with van der Waals surface area (Å²) in [6, 6.07) is 10.2. The Morgan fingerprint density at radius 3 is 3.00 bits per heavy atom. The first-order chi connectivity index (χ1) is 12.7. The Labute approximate surface area is 153 Å². The van der Waals surface area contributed by atoms with Gasteiger partial charge in [-0.2, -0.15) is 0 Å². The van der Waals surface area contributed by atoms with Crippen LogP contribution in [-0.4, -0.2) is 22.6 Å². The lowest BCUT2D eigenvalue weighted by Gasteiger charge is -2.24. The number of aromatic nitrogens is 2. The number of hydrogen-bond donors (Lipinski definition) is 2. The van der Waals surface area contributed by atoms with Crippen LogP contribution in [0.1, 0.15) is 43.0 Å². The van der Waals surface area contributed by atoms with E-state index in [-0.39, 0.29) is 11.9 Å². The number of rotatable bonds is 6. The molecule has 0 spiro atoms. The molecule has 0 aliphatic heterocycles. The maximum atomic E-state index is 12.4. The fraction of sp³-hybridized carbons (Fsp3) is 0.381. The number of aromatic amines is 1. The molecule has 1 aliphatic carbocycles. The van der Waals surface area contributed by atoms with E-state index in [2.05, 4.69) is 27.0 Å². The van der Waals surface area contributed by atoms with Gasteiger partial charge in [-0.1, -0.05) is 0 Å². The number of nitrogens with zero attached hydrogens (tertiary/aromatic N) is 1. The van der Waals surface area contributed by atoms with Crippen molar-refractivity contribution in [3.05, 3.63) is 54.0 Å². The molecular weight excluding hydrogens is 326 g/mol. The van der Waals surface area contributed by atoms with Crippen molar-refractivity contribution in [2.75, 3.05) is 7.11 Å². The van der Waals surface area contributed by atoms with Crippen LogP contribution in [-0.2, 0) is 17.8 Å². The predicted molar refractivity (Wildman–Crippen MR) is 102 cm³/mol. The Morgan fingerprint density at radius 2 is 2.19 bits per heavy atom. The number of ether oxygens (including phenoxy) is 1. The molecule has 0 saturated heterocycles. The molecule has 1 unspecified atom stereocenters. The molecule has 5 heteroatoms. The molecule has 3 aromatic rings. The van der Waals surface area contributed by atoms with Crippen LogP contribution >= 0.6 is 0 Å². The average molecular weight is 351 g/mol. The summed E-state index contributed by atoms with van der Waals surface area (Å²) in [6.07, 6.45) is 8.59. The van der Waals surface area contributed by atoms with Crippen molar-refractivity contribution in [2.24, 2.45) is 0 Å². The van der Waals surface area contributed by atoms with E-state index in [0.717, 1.165) is 43.5 Å². The molecule has 5 nitrogen and oxygen atoms in total. The fourth-order valence-electron chi connectivity index (χ4n) is 3.92. The van der Waals surface area contributed by atoms with Crippen molar-refractivity contribution < 1.29 is 9.53 Å². The topological polar surface area (TPSA) is 59.0 Å². The largest absolute Gasteiger partial charge is 0.497 e. The highest BCUT2D eigenvalue weighted by atomic mass is 16.5. The number of H-pyrrole nitrogens is 1. The summed E-state index contributed by atoms with van der Waals surface area (Å²) >= 11 is 0. The minimum Gasteiger partial charge on any atom is -0.497 e. The fourth-order valence-corrected chi connectivity index (χ4v) is 3.92. The Hall–Kier alpha value is -2.69. The summed E-state index contributed by atoms with van der Waals surface area (Å²) in [5, 5.41) is 4.45. The Morgan fingerprint density at radius 1 is 1.35 bits per heavy atom. The number of carbonyl (C=O) groups is 1. The van der Waals surface area contributed by atoms with Gasteiger partial charge in [0, 0.05) is 42.0 Å². The summed E-state index contributed by atoms with van der Waals surface area (Å²) in [6.45, 7) is 0.877. The predicted octanol–water partition coefficient (Wildman–Crippen LogP) is 3.95. The molecule has 1 aliphatic rings. The number of carbonyl (C=O) groups excluding carboxylic acids is 1. The summed E-state index contributed by atoms with van der Waals surface area (Å²) in [5.74, 6) is 1.00. The van der Waals surface area contributed by atoms with Gasteiger partial charge in [-0.3, -0.25) is 4.79 Å². The number of aryl methyl sites for hydroxylation is 2. The second-order valence-electron chi connectivity index (χ2n) is 6.97. The molecule has 4 rings (SSSR count). The van der Waals surface area contributed by atoms with Gasteiger partial charge in [0.1, 0.15) is 5.75 Å². The standard InChI is InChI=1S/C21H25N3O2/c1-26-15-9-10-18-17(14-15)16-6-4-7-19(21(16)23-18)22-20(25)8-5-13-24-11-2-3-12-24/h2-3,9-12,14,19,23H,4-8,13H2,1H3,(H,22,25). The molecule has 0 fully saturated rings. The Bertz CT molecular complexity index is 896. The van der Waals surface area contributed by atoms with Gasteiger partial charge in [0.15, 0.2) is 0 Å². The van der Waals surface area contributed by atoms with Crippen LogP contribution in [0.5, 0.6) is 5.75 Å². The molecule has 2 heterocycles. The van der Waals surface area contributed by atoms with E-state index in [1.54, 1.807) is 7.11 Å². The minimum atomic E-state index is 0.0798. The lowest BCUT2D eigenvalue weighted by atomic mass is 9.91. The molecule has 0 radical (unpaired) electrons. The Kier molecular flexibility index (Phi) is 4.69. The molecule has 1 amide bonds. The molecule has 0 bridgehead atoms. The van der Waals surface area contributed by atoms with Gasteiger partial charge in [-0.15, -0.1) is 0 Å². The van der Waals surface area contributed by atoms with Gasteiger partial charge in [0.2, 0.25) is 5.91 Å². The number of hydrogen-bond acceptors (Lipinski definition) is 2. The highest BCUT2D eigenvalue weighted by Gasteiger charge is 2.25. The van der Waals surface area contributed by atoms with Gasteiger partial charge in [0.25, 0.3) is 0 Å². The zero-order chi connectivity index (χ0) is 17.9. The molecule has 26 heavy (non-hydrogen) atoms. The lowest BCUT2D eigenvalue weighted by Crippen LogP contribution is -2.31. The first-order valence-corrected chi connectivity index (χ1v) is 9.33. The minimum absolute atomic E-state index is 0.0798. The van der Waals surface area contributed by atoms with Gasteiger partial charge >= 0.3 is 0 Å². The van der Waals surface area contributed by atoms with Crippen molar-refractivity contribution in [1.29, 1.82) is 0 Å². The molecule has 1 aromatic carbocycles. The molecular formula is C21H25N3O2. The summed E-state index contributed by atoms with van der Waals surface area (Å²) < 4.78 is 7.47. The third-order valence-corrected chi connectivity index (χ3v) is 5.24. The van der Waals surface area contributed by atoms with Gasteiger partial charge in [-0.25, -0.2) is 0 Å². The van der Waals surface area contributed by atoms with Gasteiger partial charge in [0.05, 0.1) is 13.2 Å². The van der Waals surface area contributed by atoms with E-state index >= 15 is 0 Å². The van der Waals surface area contributed by atoms with E-state index < -0.39 is 0 Å². The normalized spacial score (nSPS) is 16.4. The monoisotopic (exact) mass is 351 g/mol. The maximum Gasteiger partial charge on any atom is 0.220 e. The highest BCUT2D eigenvalue weighted by molar-refractivity contribution is 5.87. The van der Waals surface area contributed by atoms with E-state index in [9.17, 15) is 4.79 Å². The van der Waals surface area contributed by atoms with Crippen LogP contribution in [0.4, 0.5) is 0 Å².